The summed E-state index contributed by atoms with van der Waals surface area (Å²) < 4.78 is 7.89. The van der Waals surface area contributed by atoms with E-state index in [0.717, 1.165) is 0 Å². The minimum Gasteiger partial charge on any atom is -0.478 e. The molecule has 1 aliphatic rings. The number of carboxylic acids is 1. The smallest absolute Gasteiger partial charge is 0.337 e. The van der Waals surface area contributed by atoms with Gasteiger partial charge in [-0.25, -0.2) is 4.79 Å². The van der Waals surface area contributed by atoms with Gasteiger partial charge in [0.15, 0.2) is 0 Å². The van der Waals surface area contributed by atoms with E-state index in [1.54, 1.807) is 4.90 Å². The molecule has 0 aliphatic carbocycles. The van der Waals surface area contributed by atoms with E-state index in [4.69, 9.17) is 4.74 Å². The number of hydrogen-bond acceptors (Lipinski definition) is 3. The number of hydrogen-bond donors (Lipinski definition) is 1. The third kappa shape index (κ3) is 3.76. The van der Waals surface area contributed by atoms with Crippen molar-refractivity contribution in [3.8, 4) is 0 Å². The van der Waals surface area contributed by atoms with Crippen LogP contribution in [0, 0.1) is 14.3 Å². The lowest BCUT2D eigenvalue weighted by molar-refractivity contribution is 0.0301. The highest BCUT2D eigenvalue weighted by Gasteiger charge is 2.29. The molecule has 1 aromatic rings. The lowest BCUT2D eigenvalue weighted by Gasteiger charge is -2.28. The van der Waals surface area contributed by atoms with Gasteiger partial charge in [0.25, 0.3) is 5.91 Å². The van der Waals surface area contributed by atoms with Gasteiger partial charge < -0.3 is 14.7 Å². The van der Waals surface area contributed by atoms with Crippen molar-refractivity contribution in [2.75, 3.05) is 26.3 Å². The van der Waals surface area contributed by atoms with Gasteiger partial charge in [-0.15, -0.1) is 0 Å². The molecule has 1 N–H and O–H groups in total. The zero-order chi connectivity index (χ0) is 15.7. The van der Waals surface area contributed by atoms with Crippen molar-refractivity contribution in [1.82, 2.24) is 4.90 Å². The molecule has 1 saturated heterocycles. The maximum absolute atomic E-state index is 12.7. The van der Waals surface area contributed by atoms with Crippen LogP contribution in [0.25, 0.3) is 0 Å². The van der Waals surface area contributed by atoms with Crippen molar-refractivity contribution < 1.29 is 19.4 Å². The minimum atomic E-state index is -0.968. The molecule has 0 atom stereocenters. The molecule has 0 bridgehead atoms. The van der Waals surface area contributed by atoms with Crippen LogP contribution in [0.5, 0.6) is 0 Å². The molecule has 21 heavy (non-hydrogen) atoms. The highest BCUT2D eigenvalue weighted by molar-refractivity contribution is 14.1. The molecule has 114 valence electrons. The SMILES string of the molecule is O=C(O)c1c(I)c(I)c(C(=O)N2CCOCC2)c(I)c1I. The van der Waals surface area contributed by atoms with Crippen LogP contribution >= 0.6 is 90.4 Å². The van der Waals surface area contributed by atoms with Gasteiger partial charge in [-0.1, -0.05) is 0 Å². The summed E-state index contributed by atoms with van der Waals surface area (Å²) in [6, 6.07) is 0. The maximum Gasteiger partial charge on any atom is 0.337 e. The van der Waals surface area contributed by atoms with E-state index < -0.39 is 5.97 Å². The van der Waals surface area contributed by atoms with E-state index in [-0.39, 0.29) is 11.5 Å². The molecular formula is C12H9I4NO4. The molecular weight excluding hydrogens is 730 g/mol. The lowest BCUT2D eigenvalue weighted by Crippen LogP contribution is -2.41. The van der Waals surface area contributed by atoms with E-state index in [0.29, 0.717) is 46.1 Å². The average molecular weight is 739 g/mol. The summed E-state index contributed by atoms with van der Waals surface area (Å²) >= 11 is 8.12. The summed E-state index contributed by atoms with van der Waals surface area (Å²) in [4.78, 5) is 25.9. The van der Waals surface area contributed by atoms with Crippen molar-refractivity contribution in [3.63, 3.8) is 0 Å². The number of ether oxygens (including phenoxy) is 1. The van der Waals surface area contributed by atoms with Gasteiger partial charge in [-0.2, -0.15) is 0 Å². The van der Waals surface area contributed by atoms with E-state index >= 15 is 0 Å². The van der Waals surface area contributed by atoms with Crippen molar-refractivity contribution in [2.45, 2.75) is 0 Å². The first kappa shape index (κ1) is 18.4. The molecule has 1 aromatic carbocycles. The van der Waals surface area contributed by atoms with Crippen LogP contribution in [0.15, 0.2) is 0 Å². The molecule has 1 aliphatic heterocycles. The predicted octanol–water partition coefficient (Wildman–Crippen LogP) is 3.28. The lowest BCUT2D eigenvalue weighted by atomic mass is 10.1. The molecule has 9 heteroatoms. The second-order valence-corrected chi connectivity index (χ2v) is 8.53. The number of rotatable bonds is 2. The molecule has 0 saturated carbocycles. The van der Waals surface area contributed by atoms with Crippen LogP contribution in [-0.2, 0) is 4.74 Å². The number of halogens is 4. The molecule has 1 amide bonds. The number of nitrogens with zero attached hydrogens (tertiary/aromatic N) is 1. The highest BCUT2D eigenvalue weighted by atomic mass is 127. The Morgan fingerprint density at radius 2 is 1.33 bits per heavy atom. The number of carboxylic acid groups (broad SMARTS) is 1. The Morgan fingerprint density at radius 1 is 0.905 bits per heavy atom. The van der Waals surface area contributed by atoms with Crippen molar-refractivity contribution in [2.24, 2.45) is 0 Å². The number of morpholine rings is 1. The van der Waals surface area contributed by atoms with E-state index in [9.17, 15) is 14.7 Å². The van der Waals surface area contributed by atoms with Gasteiger partial charge in [0, 0.05) is 27.4 Å². The summed E-state index contributed by atoms with van der Waals surface area (Å²) in [6.07, 6.45) is 0. The fraction of sp³-hybridized carbons (Fsp3) is 0.333. The van der Waals surface area contributed by atoms with Gasteiger partial charge in [-0.05, 0) is 90.4 Å². The quantitative estimate of drug-likeness (QED) is 0.374. The van der Waals surface area contributed by atoms with Crippen LogP contribution in [0.3, 0.4) is 0 Å². The number of benzene rings is 1. The second-order valence-electron chi connectivity index (χ2n) is 4.22. The molecule has 0 radical (unpaired) electrons. The molecule has 1 fully saturated rings. The molecule has 0 unspecified atom stereocenters. The molecule has 1 heterocycles. The summed E-state index contributed by atoms with van der Waals surface area (Å²) in [5, 5.41) is 9.35. The Balaban J connectivity index is 2.54. The van der Waals surface area contributed by atoms with E-state index in [2.05, 4.69) is 45.2 Å². The fourth-order valence-electron chi connectivity index (χ4n) is 1.93. The minimum absolute atomic E-state index is 0.0557. The summed E-state index contributed by atoms with van der Waals surface area (Å²) in [7, 11) is 0. The van der Waals surface area contributed by atoms with Gasteiger partial charge >= 0.3 is 5.97 Å². The van der Waals surface area contributed by atoms with Crippen LogP contribution in [0.1, 0.15) is 20.7 Å². The first-order valence-electron chi connectivity index (χ1n) is 5.82. The highest BCUT2D eigenvalue weighted by Crippen LogP contribution is 2.33. The third-order valence-electron chi connectivity index (χ3n) is 2.99. The Labute approximate surface area is 176 Å². The Hall–Kier alpha value is 1.04. The van der Waals surface area contributed by atoms with Crippen LogP contribution in [-0.4, -0.2) is 48.2 Å². The predicted molar refractivity (Wildman–Crippen MR) is 111 cm³/mol. The summed E-state index contributed by atoms with van der Waals surface area (Å²) in [5.74, 6) is -1.02. The second kappa shape index (κ2) is 7.74. The van der Waals surface area contributed by atoms with Crippen LogP contribution < -0.4 is 0 Å². The molecule has 5 nitrogen and oxygen atoms in total. The Kier molecular flexibility index (Phi) is 6.77. The van der Waals surface area contributed by atoms with Crippen molar-refractivity contribution >= 4 is 102 Å². The normalized spacial score (nSPS) is 15.1. The Bertz CT molecular complexity index is 585. The van der Waals surface area contributed by atoms with Gasteiger partial charge in [0.2, 0.25) is 0 Å². The number of amides is 1. The molecule has 2 rings (SSSR count). The molecule has 0 aromatic heterocycles. The van der Waals surface area contributed by atoms with Gasteiger partial charge in [-0.3, -0.25) is 4.79 Å². The Morgan fingerprint density at radius 3 is 1.76 bits per heavy atom. The number of carbonyl (C=O) groups is 2. The summed E-state index contributed by atoms with van der Waals surface area (Å²) in [6.45, 7) is 2.22. The zero-order valence-corrected chi connectivity index (χ0v) is 19.1. The first-order valence-corrected chi connectivity index (χ1v) is 10.1. The molecule has 0 spiro atoms. The largest absolute Gasteiger partial charge is 0.478 e. The van der Waals surface area contributed by atoms with E-state index in [1.807, 2.05) is 45.2 Å². The topological polar surface area (TPSA) is 66.8 Å². The summed E-state index contributed by atoms with van der Waals surface area (Å²) in [5.41, 5.74) is 0.862. The zero-order valence-electron chi connectivity index (χ0n) is 10.5. The van der Waals surface area contributed by atoms with Crippen molar-refractivity contribution in [1.29, 1.82) is 0 Å². The third-order valence-corrected chi connectivity index (χ3v) is 9.37. The van der Waals surface area contributed by atoms with Crippen LogP contribution in [0.2, 0.25) is 0 Å². The number of aromatic carboxylic acids is 1. The monoisotopic (exact) mass is 739 g/mol. The fourth-order valence-corrected chi connectivity index (χ4v) is 6.04. The van der Waals surface area contributed by atoms with Crippen molar-refractivity contribution in [3.05, 3.63) is 25.4 Å². The maximum atomic E-state index is 12.7. The average Bonchev–Trinajstić information content (AvgIpc) is 2.46. The number of carbonyl (C=O) groups excluding carboxylic acids is 1. The standard InChI is InChI=1S/C12H9I4NO4/c13-7-5(11(18)17-1-3-21-4-2-17)8(14)10(16)6(9(7)15)12(19)20/h1-4H2,(H,19,20). The van der Waals surface area contributed by atoms with Crippen LogP contribution in [0.4, 0.5) is 0 Å². The van der Waals surface area contributed by atoms with Gasteiger partial charge in [0.05, 0.1) is 24.3 Å². The van der Waals surface area contributed by atoms with Gasteiger partial charge in [0.1, 0.15) is 0 Å². The van der Waals surface area contributed by atoms with E-state index in [1.165, 1.54) is 0 Å². The first-order chi connectivity index (χ1) is 9.86.